The molecule has 2 aliphatic carbocycles. The van der Waals surface area contributed by atoms with E-state index in [9.17, 15) is 9.90 Å². The van der Waals surface area contributed by atoms with E-state index >= 15 is 0 Å². The maximum absolute atomic E-state index is 11.9. The number of carboxylic acid groups (broad SMARTS) is 1. The second-order valence-electron chi connectivity index (χ2n) is 7.27. The summed E-state index contributed by atoms with van der Waals surface area (Å²) in [4.78, 5) is 14.4. The van der Waals surface area contributed by atoms with Gasteiger partial charge in [-0.1, -0.05) is 13.3 Å². The van der Waals surface area contributed by atoms with Gasteiger partial charge in [0.25, 0.3) is 0 Å². The van der Waals surface area contributed by atoms with Crippen LogP contribution in [0, 0.1) is 11.8 Å². The van der Waals surface area contributed by atoms with E-state index in [1.807, 2.05) is 0 Å². The van der Waals surface area contributed by atoms with Gasteiger partial charge >= 0.3 is 5.97 Å². The molecule has 0 aromatic heterocycles. The van der Waals surface area contributed by atoms with E-state index in [4.69, 9.17) is 0 Å². The Bertz CT molecular complexity index is 369. The smallest absolute Gasteiger partial charge is 0.324 e. The molecule has 0 bridgehead atoms. The molecule has 2 saturated carbocycles. The van der Waals surface area contributed by atoms with Crippen LogP contribution in [-0.4, -0.2) is 47.2 Å². The van der Waals surface area contributed by atoms with Gasteiger partial charge in [0.2, 0.25) is 0 Å². The lowest BCUT2D eigenvalue weighted by Gasteiger charge is -2.33. The highest BCUT2D eigenvalue weighted by Gasteiger charge is 2.51. The first-order valence-electron chi connectivity index (χ1n) is 8.33. The van der Waals surface area contributed by atoms with Crippen molar-refractivity contribution in [1.82, 2.24) is 10.2 Å². The van der Waals surface area contributed by atoms with Crippen LogP contribution in [-0.2, 0) is 4.79 Å². The molecule has 1 heterocycles. The van der Waals surface area contributed by atoms with Crippen molar-refractivity contribution in [3.8, 4) is 0 Å². The van der Waals surface area contributed by atoms with Crippen LogP contribution in [0.3, 0.4) is 0 Å². The number of nitrogens with zero attached hydrogens (tertiary/aromatic N) is 1. The van der Waals surface area contributed by atoms with Gasteiger partial charge in [-0.25, -0.2) is 0 Å². The average Bonchev–Trinajstić information content (AvgIpc) is 2.95. The van der Waals surface area contributed by atoms with E-state index in [1.54, 1.807) is 0 Å². The van der Waals surface area contributed by atoms with Crippen molar-refractivity contribution in [2.75, 3.05) is 19.6 Å². The molecule has 114 valence electrons. The summed E-state index contributed by atoms with van der Waals surface area (Å²) in [5.41, 5.74) is -0.619. The molecule has 0 spiro atoms. The van der Waals surface area contributed by atoms with Gasteiger partial charge < -0.3 is 10.0 Å². The van der Waals surface area contributed by atoms with Crippen LogP contribution < -0.4 is 5.32 Å². The Labute approximate surface area is 121 Å². The molecule has 1 saturated heterocycles. The lowest BCUT2D eigenvalue weighted by molar-refractivity contribution is -0.147. The van der Waals surface area contributed by atoms with Crippen molar-refractivity contribution in [3.63, 3.8) is 0 Å². The van der Waals surface area contributed by atoms with E-state index < -0.39 is 11.5 Å². The molecule has 3 atom stereocenters. The van der Waals surface area contributed by atoms with Crippen LogP contribution in [0.4, 0.5) is 0 Å². The van der Waals surface area contributed by atoms with Gasteiger partial charge in [0.15, 0.2) is 0 Å². The third-order valence-electron chi connectivity index (χ3n) is 5.54. The Hall–Kier alpha value is -0.610. The van der Waals surface area contributed by atoms with Gasteiger partial charge in [0.05, 0.1) is 0 Å². The Morgan fingerprint density at radius 2 is 2.15 bits per heavy atom. The third kappa shape index (κ3) is 2.86. The number of aliphatic carboxylic acids is 1. The summed E-state index contributed by atoms with van der Waals surface area (Å²) >= 11 is 0. The third-order valence-corrected chi connectivity index (χ3v) is 5.54. The molecule has 0 amide bonds. The minimum Gasteiger partial charge on any atom is -0.480 e. The van der Waals surface area contributed by atoms with E-state index in [2.05, 4.69) is 17.1 Å². The Morgan fingerprint density at radius 1 is 1.35 bits per heavy atom. The number of hydrogen-bond acceptors (Lipinski definition) is 3. The lowest BCUT2D eigenvalue weighted by Crippen LogP contribution is -2.56. The number of nitrogens with one attached hydrogen (secondary N) is 1. The first-order valence-corrected chi connectivity index (χ1v) is 8.33. The van der Waals surface area contributed by atoms with Crippen molar-refractivity contribution >= 4 is 5.97 Å². The van der Waals surface area contributed by atoms with Crippen LogP contribution in [0.1, 0.15) is 51.9 Å². The molecule has 3 unspecified atom stereocenters. The van der Waals surface area contributed by atoms with Gasteiger partial charge in [-0.2, -0.15) is 0 Å². The summed E-state index contributed by atoms with van der Waals surface area (Å²) in [6.45, 7) is 5.79. The fourth-order valence-corrected chi connectivity index (χ4v) is 4.16. The number of likely N-dealkylation sites (tertiary alicyclic amines) is 1. The van der Waals surface area contributed by atoms with E-state index in [1.165, 1.54) is 19.5 Å². The van der Waals surface area contributed by atoms with Crippen molar-refractivity contribution in [2.45, 2.75) is 63.5 Å². The quantitative estimate of drug-likeness (QED) is 0.782. The maximum Gasteiger partial charge on any atom is 0.324 e. The molecule has 0 aromatic carbocycles. The predicted octanol–water partition coefficient (Wildman–Crippen LogP) is 2.09. The molecule has 0 aromatic rings. The van der Waals surface area contributed by atoms with Crippen LogP contribution in [0.5, 0.6) is 0 Å². The van der Waals surface area contributed by atoms with Crippen LogP contribution in [0.2, 0.25) is 0 Å². The maximum atomic E-state index is 11.9. The second-order valence-corrected chi connectivity index (χ2v) is 7.27. The summed E-state index contributed by atoms with van der Waals surface area (Å²) in [6.07, 6.45) is 7.62. The molecule has 3 aliphatic rings. The molecule has 20 heavy (non-hydrogen) atoms. The Kier molecular flexibility index (Phi) is 4.04. The second kappa shape index (κ2) is 5.64. The first kappa shape index (κ1) is 14.3. The zero-order valence-corrected chi connectivity index (χ0v) is 12.6. The van der Waals surface area contributed by atoms with Crippen molar-refractivity contribution in [3.05, 3.63) is 0 Å². The molecular weight excluding hydrogens is 252 g/mol. The molecule has 4 nitrogen and oxygen atoms in total. The molecular formula is C16H28N2O2. The number of carbonyl (C=O) groups is 1. The largest absolute Gasteiger partial charge is 0.480 e. The highest BCUT2D eigenvalue weighted by Crippen LogP contribution is 2.41. The number of hydrogen-bond donors (Lipinski definition) is 2. The zero-order chi connectivity index (χ0) is 14.2. The fraction of sp³-hybridized carbons (Fsp3) is 0.938. The molecule has 2 N–H and O–H groups in total. The summed E-state index contributed by atoms with van der Waals surface area (Å²) in [6, 6.07) is 0.471. The van der Waals surface area contributed by atoms with Crippen molar-refractivity contribution in [2.24, 2.45) is 11.8 Å². The topological polar surface area (TPSA) is 52.6 Å². The Morgan fingerprint density at radius 3 is 2.75 bits per heavy atom. The molecule has 4 heteroatoms. The Balaban J connectivity index is 1.59. The zero-order valence-electron chi connectivity index (χ0n) is 12.6. The average molecular weight is 280 g/mol. The van der Waals surface area contributed by atoms with Crippen LogP contribution in [0.15, 0.2) is 0 Å². The van der Waals surface area contributed by atoms with E-state index in [0.717, 1.165) is 51.0 Å². The van der Waals surface area contributed by atoms with Crippen molar-refractivity contribution < 1.29 is 9.90 Å². The summed E-state index contributed by atoms with van der Waals surface area (Å²) < 4.78 is 0. The van der Waals surface area contributed by atoms with Gasteiger partial charge in [-0.05, 0) is 63.5 Å². The van der Waals surface area contributed by atoms with Crippen LogP contribution in [0.25, 0.3) is 0 Å². The summed E-state index contributed by atoms with van der Waals surface area (Å²) in [5.74, 6) is 0.519. The molecule has 1 aliphatic heterocycles. The summed E-state index contributed by atoms with van der Waals surface area (Å²) in [5, 5.41) is 13.3. The monoisotopic (exact) mass is 280 g/mol. The predicted molar refractivity (Wildman–Crippen MR) is 78.7 cm³/mol. The minimum atomic E-state index is -0.619. The van der Waals surface area contributed by atoms with Gasteiger partial charge in [-0.3, -0.25) is 10.1 Å². The molecule has 0 radical (unpaired) electrons. The minimum absolute atomic E-state index is 0.316. The highest BCUT2D eigenvalue weighted by atomic mass is 16.4. The normalized spacial score (nSPS) is 38.5. The SMILES string of the molecule is CC1CCN(CCC2CCCC2(NC2CC2)C(=O)O)C1. The molecule has 3 fully saturated rings. The van der Waals surface area contributed by atoms with Gasteiger partial charge in [0, 0.05) is 12.6 Å². The standard InChI is InChI=1S/C16H28N2O2/c1-12-6-9-18(11-12)10-7-13-3-2-8-16(13,15(19)20)17-14-4-5-14/h12-14,17H,2-11H2,1H3,(H,19,20). The van der Waals surface area contributed by atoms with E-state index in [-0.39, 0.29) is 0 Å². The van der Waals surface area contributed by atoms with Crippen LogP contribution >= 0.6 is 0 Å². The highest BCUT2D eigenvalue weighted by molar-refractivity contribution is 5.80. The lowest BCUT2D eigenvalue weighted by atomic mass is 9.84. The fourth-order valence-electron chi connectivity index (χ4n) is 4.16. The van der Waals surface area contributed by atoms with E-state index in [0.29, 0.717) is 12.0 Å². The summed E-state index contributed by atoms with van der Waals surface area (Å²) in [7, 11) is 0. The number of rotatable bonds is 6. The van der Waals surface area contributed by atoms with Gasteiger partial charge in [0.1, 0.15) is 5.54 Å². The molecule has 3 rings (SSSR count). The van der Waals surface area contributed by atoms with Gasteiger partial charge in [-0.15, -0.1) is 0 Å². The van der Waals surface area contributed by atoms with Crippen molar-refractivity contribution in [1.29, 1.82) is 0 Å². The number of carboxylic acids is 1. The first-order chi connectivity index (χ1) is 9.60.